The van der Waals surface area contributed by atoms with Gasteiger partial charge in [0.15, 0.2) is 0 Å². The van der Waals surface area contributed by atoms with Crippen molar-refractivity contribution in [3.8, 4) is 11.1 Å². The minimum absolute atomic E-state index is 0.00156. The van der Waals surface area contributed by atoms with Crippen LogP contribution in [0.2, 0.25) is 0 Å². The smallest absolute Gasteiger partial charge is 0.133 e. The summed E-state index contributed by atoms with van der Waals surface area (Å²) in [7, 11) is 3.86. The Morgan fingerprint density at radius 1 is 1.10 bits per heavy atom. The van der Waals surface area contributed by atoms with Crippen LogP contribution in [-0.2, 0) is 6.61 Å². The van der Waals surface area contributed by atoms with Gasteiger partial charge in [0.2, 0.25) is 0 Å². The second kappa shape index (κ2) is 6.06. The molecule has 0 fully saturated rings. The van der Waals surface area contributed by atoms with Crippen LogP contribution in [0, 0.1) is 0 Å². The molecule has 1 N–H and O–H groups in total. The van der Waals surface area contributed by atoms with Gasteiger partial charge < -0.3 is 10.0 Å². The average molecular weight is 270 g/mol. The zero-order chi connectivity index (χ0) is 14.7. The number of benzene rings is 1. The fourth-order valence-corrected chi connectivity index (χ4v) is 2.24. The quantitative estimate of drug-likeness (QED) is 0.924. The first-order valence-corrected chi connectivity index (χ1v) is 6.90. The topological polar surface area (TPSA) is 36.4 Å². The maximum Gasteiger partial charge on any atom is 0.133 e. The predicted octanol–water partition coefficient (Wildman–Crippen LogP) is 3.43. The molecule has 0 radical (unpaired) electrons. The number of anilines is 1. The van der Waals surface area contributed by atoms with Gasteiger partial charge >= 0.3 is 0 Å². The molecule has 2 rings (SSSR count). The first-order chi connectivity index (χ1) is 9.52. The van der Waals surface area contributed by atoms with E-state index in [9.17, 15) is 5.11 Å². The summed E-state index contributed by atoms with van der Waals surface area (Å²) in [4.78, 5) is 6.36. The van der Waals surface area contributed by atoms with Crippen molar-refractivity contribution in [3.05, 3.63) is 47.7 Å². The van der Waals surface area contributed by atoms with E-state index in [-0.39, 0.29) is 6.61 Å². The Labute approximate surface area is 120 Å². The summed E-state index contributed by atoms with van der Waals surface area (Å²) in [5.41, 5.74) is 4.34. The van der Waals surface area contributed by atoms with Crippen molar-refractivity contribution in [2.75, 3.05) is 19.0 Å². The third-order valence-electron chi connectivity index (χ3n) is 3.45. The normalized spacial score (nSPS) is 10.9. The number of aliphatic hydroxyl groups excluding tert-OH is 1. The van der Waals surface area contributed by atoms with Crippen LogP contribution in [0.25, 0.3) is 11.1 Å². The highest BCUT2D eigenvalue weighted by Gasteiger charge is 2.08. The Bertz CT molecular complexity index is 574. The van der Waals surface area contributed by atoms with Crippen LogP contribution in [0.1, 0.15) is 30.9 Å². The van der Waals surface area contributed by atoms with Crippen molar-refractivity contribution in [2.24, 2.45) is 0 Å². The number of rotatable bonds is 4. The van der Waals surface area contributed by atoms with Crippen LogP contribution in [-0.4, -0.2) is 24.2 Å². The molecule has 106 valence electrons. The summed E-state index contributed by atoms with van der Waals surface area (Å²) in [5.74, 6) is 1.35. The van der Waals surface area contributed by atoms with E-state index < -0.39 is 0 Å². The summed E-state index contributed by atoms with van der Waals surface area (Å²) in [6.07, 6.45) is 1.86. The van der Waals surface area contributed by atoms with Gasteiger partial charge in [-0.15, -0.1) is 0 Å². The number of aliphatic hydroxyl groups is 1. The SMILES string of the molecule is CC(C)c1ccc(-c2cnc(N(C)C)c(CO)c2)cc1. The molecule has 1 heterocycles. The van der Waals surface area contributed by atoms with E-state index >= 15 is 0 Å². The van der Waals surface area contributed by atoms with E-state index in [1.807, 2.05) is 31.3 Å². The number of nitrogens with zero attached hydrogens (tertiary/aromatic N) is 2. The maximum absolute atomic E-state index is 9.49. The van der Waals surface area contributed by atoms with Crippen molar-refractivity contribution in [1.82, 2.24) is 4.98 Å². The molecular formula is C17H22N2O. The Balaban J connectivity index is 2.37. The van der Waals surface area contributed by atoms with Gasteiger partial charge in [-0.3, -0.25) is 0 Å². The lowest BCUT2D eigenvalue weighted by atomic mass is 9.99. The summed E-state index contributed by atoms with van der Waals surface area (Å²) >= 11 is 0. The molecule has 0 aliphatic heterocycles. The predicted molar refractivity (Wildman–Crippen MR) is 84.0 cm³/mol. The Hall–Kier alpha value is -1.87. The minimum atomic E-state index is -0.00156. The highest BCUT2D eigenvalue weighted by atomic mass is 16.3. The van der Waals surface area contributed by atoms with Crippen molar-refractivity contribution >= 4 is 5.82 Å². The van der Waals surface area contributed by atoms with Gasteiger partial charge in [0.25, 0.3) is 0 Å². The lowest BCUT2D eigenvalue weighted by Crippen LogP contribution is -2.13. The average Bonchev–Trinajstić information content (AvgIpc) is 2.46. The molecule has 20 heavy (non-hydrogen) atoms. The van der Waals surface area contributed by atoms with E-state index in [0.717, 1.165) is 22.5 Å². The van der Waals surface area contributed by atoms with Crippen LogP contribution in [0.4, 0.5) is 5.82 Å². The summed E-state index contributed by atoms with van der Waals surface area (Å²) in [6, 6.07) is 10.5. The molecule has 0 aliphatic carbocycles. The third kappa shape index (κ3) is 2.99. The number of aromatic nitrogens is 1. The van der Waals surface area contributed by atoms with Crippen molar-refractivity contribution in [3.63, 3.8) is 0 Å². The van der Waals surface area contributed by atoms with Gasteiger partial charge in [-0.1, -0.05) is 38.1 Å². The van der Waals surface area contributed by atoms with Gasteiger partial charge in [0.05, 0.1) is 6.61 Å². The molecule has 2 aromatic rings. The Morgan fingerprint density at radius 3 is 2.25 bits per heavy atom. The molecule has 3 nitrogen and oxygen atoms in total. The highest BCUT2D eigenvalue weighted by molar-refractivity contribution is 5.66. The van der Waals surface area contributed by atoms with Crippen LogP contribution >= 0.6 is 0 Å². The minimum Gasteiger partial charge on any atom is -0.392 e. The van der Waals surface area contributed by atoms with E-state index in [1.54, 1.807) is 0 Å². The number of pyridine rings is 1. The van der Waals surface area contributed by atoms with E-state index in [4.69, 9.17) is 0 Å². The summed E-state index contributed by atoms with van der Waals surface area (Å²) < 4.78 is 0. The monoisotopic (exact) mass is 270 g/mol. The second-order valence-corrected chi connectivity index (χ2v) is 5.54. The number of hydrogen-bond donors (Lipinski definition) is 1. The van der Waals surface area contributed by atoms with Crippen LogP contribution < -0.4 is 4.90 Å². The molecule has 0 amide bonds. The Morgan fingerprint density at radius 2 is 1.75 bits per heavy atom. The molecule has 0 spiro atoms. The van der Waals surface area contributed by atoms with Crippen molar-refractivity contribution < 1.29 is 5.11 Å². The molecule has 0 bridgehead atoms. The fraction of sp³-hybridized carbons (Fsp3) is 0.353. The summed E-state index contributed by atoms with van der Waals surface area (Å²) in [5, 5.41) is 9.49. The second-order valence-electron chi connectivity index (χ2n) is 5.54. The molecule has 0 unspecified atom stereocenters. The number of hydrogen-bond acceptors (Lipinski definition) is 3. The molecule has 0 aliphatic rings. The van der Waals surface area contributed by atoms with E-state index in [2.05, 4.69) is 43.1 Å². The van der Waals surface area contributed by atoms with E-state index in [0.29, 0.717) is 5.92 Å². The van der Waals surface area contributed by atoms with Gasteiger partial charge in [-0.05, 0) is 23.1 Å². The van der Waals surface area contributed by atoms with Crippen molar-refractivity contribution in [1.29, 1.82) is 0 Å². The van der Waals surface area contributed by atoms with Crippen LogP contribution in [0.3, 0.4) is 0 Å². The van der Waals surface area contributed by atoms with E-state index in [1.165, 1.54) is 5.56 Å². The lowest BCUT2D eigenvalue weighted by Gasteiger charge is -2.16. The fourth-order valence-electron chi connectivity index (χ4n) is 2.24. The largest absolute Gasteiger partial charge is 0.392 e. The molecule has 3 heteroatoms. The van der Waals surface area contributed by atoms with Gasteiger partial charge in [0.1, 0.15) is 5.82 Å². The van der Waals surface area contributed by atoms with Gasteiger partial charge in [-0.25, -0.2) is 4.98 Å². The zero-order valence-electron chi connectivity index (χ0n) is 12.6. The zero-order valence-corrected chi connectivity index (χ0v) is 12.6. The first kappa shape index (κ1) is 14.5. The highest BCUT2D eigenvalue weighted by Crippen LogP contribution is 2.26. The molecule has 1 aromatic heterocycles. The summed E-state index contributed by atoms with van der Waals surface area (Å²) in [6.45, 7) is 4.37. The lowest BCUT2D eigenvalue weighted by molar-refractivity contribution is 0.282. The molecule has 0 saturated heterocycles. The van der Waals surface area contributed by atoms with Crippen LogP contribution in [0.15, 0.2) is 36.5 Å². The molecule has 1 aromatic carbocycles. The first-order valence-electron chi connectivity index (χ1n) is 6.90. The van der Waals surface area contributed by atoms with Gasteiger partial charge in [0, 0.05) is 31.4 Å². The standard InChI is InChI=1S/C17H22N2O/c1-12(2)13-5-7-14(8-6-13)15-9-16(11-20)17(18-10-15)19(3)4/h5-10,12,20H,11H2,1-4H3. The van der Waals surface area contributed by atoms with Crippen LogP contribution in [0.5, 0.6) is 0 Å². The van der Waals surface area contributed by atoms with Gasteiger partial charge in [-0.2, -0.15) is 0 Å². The van der Waals surface area contributed by atoms with Crippen molar-refractivity contribution in [2.45, 2.75) is 26.4 Å². The molecule has 0 saturated carbocycles. The molecule has 0 atom stereocenters. The maximum atomic E-state index is 9.49. The molecular weight excluding hydrogens is 248 g/mol. The third-order valence-corrected chi connectivity index (χ3v) is 3.45. The Kier molecular flexibility index (Phi) is 4.40.